The minimum Gasteiger partial charge on any atom is -0.497 e. The molecule has 1 amide bonds. The fourth-order valence-corrected chi connectivity index (χ4v) is 15.1. The van der Waals surface area contributed by atoms with Crippen molar-refractivity contribution in [3.05, 3.63) is 76.9 Å². The first-order valence-electron chi connectivity index (χ1n) is 24.7. The van der Waals surface area contributed by atoms with Crippen molar-refractivity contribution in [3.8, 4) is 5.75 Å². The highest BCUT2D eigenvalue weighted by atomic mass is 28.4. The van der Waals surface area contributed by atoms with Crippen LogP contribution in [-0.4, -0.2) is 134 Å². The van der Waals surface area contributed by atoms with Gasteiger partial charge in [0.15, 0.2) is 38.1 Å². The minimum atomic E-state index is -2.58. The van der Waals surface area contributed by atoms with E-state index in [1.807, 2.05) is 20.8 Å². The lowest BCUT2D eigenvalue weighted by Gasteiger charge is -2.68. The lowest BCUT2D eigenvalue weighted by atomic mass is 9.44. The summed E-state index contributed by atoms with van der Waals surface area (Å²) in [5.74, 6) is -4.05. The zero-order valence-electron chi connectivity index (χ0n) is 43.4. The van der Waals surface area contributed by atoms with E-state index in [4.69, 9.17) is 42.3 Å². The van der Waals surface area contributed by atoms with E-state index in [0.29, 0.717) is 35.0 Å². The predicted molar refractivity (Wildman–Crippen MR) is 259 cm³/mol. The Morgan fingerprint density at radius 1 is 0.915 bits per heavy atom. The van der Waals surface area contributed by atoms with E-state index >= 15 is 9.59 Å². The molecule has 3 aliphatic carbocycles. The van der Waals surface area contributed by atoms with Gasteiger partial charge in [0.2, 0.25) is 0 Å². The monoisotopic (exact) mass is 1010 g/mol. The van der Waals surface area contributed by atoms with E-state index in [1.54, 1.807) is 103 Å². The number of benzene rings is 2. The number of methoxy groups -OCH3 is 2. The molecule has 2 aliphatic heterocycles. The van der Waals surface area contributed by atoms with Crippen LogP contribution in [0, 0.1) is 16.7 Å². The third-order valence-electron chi connectivity index (χ3n) is 16.2. The smallest absolute Gasteiger partial charge is 0.413 e. The molecule has 4 fully saturated rings. The average molecular weight is 1010 g/mol. The first kappa shape index (κ1) is 54.1. The maximum Gasteiger partial charge on any atom is 0.413 e. The summed E-state index contributed by atoms with van der Waals surface area (Å²) in [6.45, 7) is 18.4. The van der Waals surface area contributed by atoms with Crippen molar-refractivity contribution in [2.45, 2.75) is 173 Å². The SMILES string of the molecule is CC[Si](CC)(CC)O[C@H]1C[C@H]2OC[C@@]2(OC(C)=O)[C@H]2[C@H](O)[C@]3(O)C[C@H](OC(=O)[C@@H]4O[C@H](c5ccc(OC)cc5)N(C(=O)OC(C)(C)C)[C@H]4c4ccccc4)C(C)=C([C@@H](OC(=O)COC)C(=O)[C@]12C)C3(C)C. The molecule has 2 saturated carbocycles. The first-order valence-corrected chi connectivity index (χ1v) is 27.3. The summed E-state index contributed by atoms with van der Waals surface area (Å²) in [7, 11) is 0.252. The molecule has 390 valence electrons. The number of esters is 3. The highest BCUT2D eigenvalue weighted by Crippen LogP contribution is 2.64. The molecule has 18 heteroatoms. The van der Waals surface area contributed by atoms with Gasteiger partial charge in [-0.3, -0.25) is 14.5 Å². The zero-order valence-corrected chi connectivity index (χ0v) is 44.4. The molecule has 0 unspecified atom stereocenters. The number of carbonyl (C=O) groups is 5. The summed E-state index contributed by atoms with van der Waals surface area (Å²) < 4.78 is 55.5. The van der Waals surface area contributed by atoms with Gasteiger partial charge in [-0.25, -0.2) is 14.4 Å². The predicted octanol–water partition coefficient (Wildman–Crippen LogP) is 7.08. The fourth-order valence-electron chi connectivity index (χ4n) is 12.2. The molecule has 2 aromatic carbocycles. The first-order chi connectivity index (χ1) is 33.3. The van der Waals surface area contributed by atoms with Crippen molar-refractivity contribution in [2.24, 2.45) is 16.7 Å². The van der Waals surface area contributed by atoms with Crippen LogP contribution in [-0.2, 0) is 56.8 Å². The number of ether oxygens (including phenoxy) is 8. The summed E-state index contributed by atoms with van der Waals surface area (Å²) in [4.78, 5) is 74.2. The van der Waals surface area contributed by atoms with Crippen molar-refractivity contribution in [1.82, 2.24) is 4.90 Å². The summed E-state index contributed by atoms with van der Waals surface area (Å²) in [5.41, 5.74) is -6.87. The molecule has 17 nitrogen and oxygen atoms in total. The second kappa shape index (κ2) is 20.0. The molecule has 7 rings (SSSR count). The third-order valence-corrected chi connectivity index (χ3v) is 20.9. The van der Waals surface area contributed by atoms with Gasteiger partial charge in [0.05, 0.1) is 31.3 Å². The molecular formula is C53H73NO16Si. The number of ketones is 1. The van der Waals surface area contributed by atoms with E-state index in [1.165, 1.54) is 26.0 Å². The van der Waals surface area contributed by atoms with E-state index in [0.717, 1.165) is 0 Å². The molecule has 0 spiro atoms. The number of carbonyl (C=O) groups excluding carboxylic acids is 5. The normalized spacial score (nSPS) is 33.4. The number of Topliss-reactive ketones (excluding diaryl/α,β-unsaturated/α-hetero) is 1. The Morgan fingerprint density at radius 2 is 1.55 bits per heavy atom. The topological polar surface area (TPSA) is 212 Å². The molecule has 71 heavy (non-hydrogen) atoms. The van der Waals surface area contributed by atoms with E-state index in [-0.39, 0.29) is 24.2 Å². The molecular weight excluding hydrogens is 935 g/mol. The van der Waals surface area contributed by atoms with Crippen LogP contribution < -0.4 is 4.74 Å². The maximum atomic E-state index is 16.2. The number of amides is 1. The van der Waals surface area contributed by atoms with Crippen LogP contribution in [0.4, 0.5) is 4.79 Å². The van der Waals surface area contributed by atoms with Crippen LogP contribution in [0.1, 0.15) is 112 Å². The Morgan fingerprint density at radius 3 is 2.08 bits per heavy atom. The maximum absolute atomic E-state index is 16.2. The molecule has 2 N–H and O–H groups in total. The number of fused-ring (bicyclic) bond motifs is 5. The highest BCUT2D eigenvalue weighted by Gasteiger charge is 2.78. The van der Waals surface area contributed by atoms with Crippen molar-refractivity contribution in [1.29, 1.82) is 0 Å². The second-order valence-corrected chi connectivity index (χ2v) is 26.2. The number of nitrogens with zero attached hydrogens (tertiary/aromatic N) is 1. The Hall–Kier alpha value is -4.69. The van der Waals surface area contributed by atoms with Gasteiger partial charge in [-0.1, -0.05) is 77.1 Å². The van der Waals surface area contributed by atoms with Crippen molar-refractivity contribution >= 4 is 38.1 Å². The van der Waals surface area contributed by atoms with Gasteiger partial charge in [-0.05, 0) is 81.6 Å². The molecule has 0 aromatic heterocycles. The van der Waals surface area contributed by atoms with Crippen molar-refractivity contribution < 1.29 is 76.5 Å². The van der Waals surface area contributed by atoms with Gasteiger partial charge in [0, 0.05) is 43.8 Å². The van der Waals surface area contributed by atoms with Crippen LogP contribution in [0.3, 0.4) is 0 Å². The molecule has 2 saturated heterocycles. The Bertz CT molecular complexity index is 2360. The summed E-state index contributed by atoms with van der Waals surface area (Å²) in [6, 6.07) is 16.7. The lowest BCUT2D eigenvalue weighted by Crippen LogP contribution is -2.82. The summed E-state index contributed by atoms with van der Waals surface area (Å²) in [5, 5.41) is 27.1. The van der Waals surface area contributed by atoms with Gasteiger partial charge < -0.3 is 52.5 Å². The van der Waals surface area contributed by atoms with E-state index in [9.17, 15) is 24.6 Å². The fraction of sp³-hybridized carbons (Fsp3) is 0.642. The van der Waals surface area contributed by atoms with Crippen LogP contribution in [0.2, 0.25) is 18.1 Å². The average Bonchev–Trinajstić information content (AvgIpc) is 3.73. The largest absolute Gasteiger partial charge is 0.497 e. The van der Waals surface area contributed by atoms with Gasteiger partial charge in [-0.15, -0.1) is 0 Å². The molecule has 2 bridgehead atoms. The summed E-state index contributed by atoms with van der Waals surface area (Å²) in [6.07, 6.45) is -10.6. The lowest BCUT2D eigenvalue weighted by molar-refractivity contribution is -0.345. The molecule has 5 aliphatic rings. The zero-order chi connectivity index (χ0) is 52.2. The van der Waals surface area contributed by atoms with Crippen molar-refractivity contribution in [3.63, 3.8) is 0 Å². The minimum absolute atomic E-state index is 0.105. The number of aliphatic hydroxyl groups is 2. The Labute approximate surface area is 417 Å². The van der Waals surface area contributed by atoms with Crippen LogP contribution in [0.5, 0.6) is 5.75 Å². The Balaban J connectivity index is 1.40. The number of rotatable bonds is 14. The number of aliphatic hydroxyl groups excluding tert-OH is 1. The molecule has 2 aromatic rings. The summed E-state index contributed by atoms with van der Waals surface area (Å²) >= 11 is 0. The highest BCUT2D eigenvalue weighted by molar-refractivity contribution is 6.73. The van der Waals surface area contributed by atoms with Crippen LogP contribution >= 0.6 is 0 Å². The van der Waals surface area contributed by atoms with Crippen LogP contribution in [0.25, 0.3) is 0 Å². The van der Waals surface area contributed by atoms with Crippen LogP contribution in [0.15, 0.2) is 65.7 Å². The molecule has 2 heterocycles. The van der Waals surface area contributed by atoms with E-state index < -0.39 is 134 Å². The third kappa shape index (κ3) is 9.24. The second-order valence-electron chi connectivity index (χ2n) is 21.5. The van der Waals surface area contributed by atoms with Crippen molar-refractivity contribution in [2.75, 3.05) is 27.4 Å². The Kier molecular flexibility index (Phi) is 15.2. The van der Waals surface area contributed by atoms with Gasteiger partial charge in [0.25, 0.3) is 0 Å². The van der Waals surface area contributed by atoms with E-state index in [2.05, 4.69) is 0 Å². The quantitative estimate of drug-likeness (QED) is 0.0838. The van der Waals surface area contributed by atoms with Gasteiger partial charge >= 0.3 is 24.0 Å². The number of hydrogen-bond donors (Lipinski definition) is 2. The standard InChI is InChI=1S/C53H73NO16Si/c1-14-71(15-2,16-3)70-36-26-37-52(29-64-37,68-31(5)55)43-45(58)53(61)27-35(30(4)39(50(53,9)10)41(44(57)51(36,43)11)66-38(56)28-62-12)65-47(59)42-40(32-20-18-17-19-21-32)54(48(60)69-49(6,7)8)46(67-42)33-22-24-34(63-13)25-23-33/h17-25,35-37,40-43,45-46,58,61H,14-16,26-29H2,1-13H3/t35-,36-,37+,40-,41+,42+,43-,45-,46+,51+,52-,53+/m0/s1. The molecule has 12 atom stereocenters. The van der Waals surface area contributed by atoms with Gasteiger partial charge in [0.1, 0.15) is 41.8 Å². The van der Waals surface area contributed by atoms with Gasteiger partial charge in [-0.2, -0.15) is 0 Å². The molecule has 0 radical (unpaired) electrons. The number of hydrogen-bond acceptors (Lipinski definition) is 16.